The SMILES string of the molecule is Cc1c(Cl)cccc1OC(c1ccccc1)C1CNCCO1. The van der Waals surface area contributed by atoms with Crippen LogP contribution in [-0.4, -0.2) is 25.8 Å². The highest BCUT2D eigenvalue weighted by atomic mass is 35.5. The third-order valence-corrected chi connectivity index (χ3v) is 4.30. The number of ether oxygens (including phenoxy) is 2. The zero-order chi connectivity index (χ0) is 15.4. The molecule has 116 valence electrons. The fourth-order valence-corrected chi connectivity index (χ4v) is 2.80. The molecule has 1 heterocycles. The van der Waals surface area contributed by atoms with Crippen LogP contribution in [0.5, 0.6) is 5.75 Å². The van der Waals surface area contributed by atoms with E-state index in [0.29, 0.717) is 11.6 Å². The Bertz CT molecular complexity index is 612. The molecule has 2 aromatic rings. The summed E-state index contributed by atoms with van der Waals surface area (Å²) < 4.78 is 12.2. The summed E-state index contributed by atoms with van der Waals surface area (Å²) in [5.74, 6) is 0.801. The highest BCUT2D eigenvalue weighted by Gasteiger charge is 2.28. The van der Waals surface area contributed by atoms with Crippen LogP contribution in [0.2, 0.25) is 5.02 Å². The lowest BCUT2D eigenvalue weighted by Crippen LogP contribution is -2.43. The van der Waals surface area contributed by atoms with Crippen molar-refractivity contribution in [2.24, 2.45) is 0 Å². The maximum Gasteiger partial charge on any atom is 0.151 e. The fourth-order valence-electron chi connectivity index (χ4n) is 2.63. The van der Waals surface area contributed by atoms with E-state index in [2.05, 4.69) is 17.4 Å². The van der Waals surface area contributed by atoms with Crippen molar-refractivity contribution in [1.29, 1.82) is 0 Å². The minimum Gasteiger partial charge on any atom is -0.483 e. The maximum absolute atomic E-state index is 6.30. The summed E-state index contributed by atoms with van der Waals surface area (Å²) >= 11 is 6.21. The van der Waals surface area contributed by atoms with Crippen molar-refractivity contribution in [2.75, 3.05) is 19.7 Å². The topological polar surface area (TPSA) is 30.5 Å². The molecule has 2 unspecified atom stereocenters. The first-order chi connectivity index (χ1) is 10.8. The summed E-state index contributed by atoms with van der Waals surface area (Å²) in [7, 11) is 0. The smallest absolute Gasteiger partial charge is 0.151 e. The monoisotopic (exact) mass is 317 g/mol. The van der Waals surface area contributed by atoms with Crippen LogP contribution < -0.4 is 10.1 Å². The van der Waals surface area contributed by atoms with Crippen molar-refractivity contribution in [2.45, 2.75) is 19.1 Å². The molecule has 22 heavy (non-hydrogen) atoms. The molecule has 2 atom stereocenters. The largest absolute Gasteiger partial charge is 0.483 e. The van der Waals surface area contributed by atoms with Gasteiger partial charge in [-0.05, 0) is 24.6 Å². The predicted octanol–water partition coefficient (Wildman–Crippen LogP) is 3.76. The van der Waals surface area contributed by atoms with E-state index in [-0.39, 0.29) is 12.2 Å². The molecule has 1 aliphatic heterocycles. The van der Waals surface area contributed by atoms with E-state index in [1.807, 2.05) is 43.3 Å². The van der Waals surface area contributed by atoms with Gasteiger partial charge in [0.1, 0.15) is 11.9 Å². The Labute approximate surface area is 136 Å². The summed E-state index contributed by atoms with van der Waals surface area (Å²) in [6, 6.07) is 15.9. The van der Waals surface area contributed by atoms with Gasteiger partial charge in [0.25, 0.3) is 0 Å². The van der Waals surface area contributed by atoms with Crippen molar-refractivity contribution >= 4 is 11.6 Å². The van der Waals surface area contributed by atoms with Crippen LogP contribution in [0.4, 0.5) is 0 Å². The first-order valence-electron chi connectivity index (χ1n) is 7.55. The quantitative estimate of drug-likeness (QED) is 0.931. The van der Waals surface area contributed by atoms with Gasteiger partial charge in [-0.1, -0.05) is 48.0 Å². The van der Waals surface area contributed by atoms with E-state index >= 15 is 0 Å². The van der Waals surface area contributed by atoms with Gasteiger partial charge in [-0.15, -0.1) is 0 Å². The van der Waals surface area contributed by atoms with Gasteiger partial charge in [0.15, 0.2) is 6.10 Å². The van der Waals surface area contributed by atoms with Gasteiger partial charge in [-0.25, -0.2) is 0 Å². The third-order valence-electron chi connectivity index (χ3n) is 3.89. The number of halogens is 1. The molecule has 3 nitrogen and oxygen atoms in total. The molecular formula is C18H20ClNO2. The number of benzene rings is 2. The van der Waals surface area contributed by atoms with Crippen molar-refractivity contribution < 1.29 is 9.47 Å². The summed E-state index contributed by atoms with van der Waals surface area (Å²) in [4.78, 5) is 0. The highest BCUT2D eigenvalue weighted by Crippen LogP contribution is 2.32. The lowest BCUT2D eigenvalue weighted by atomic mass is 10.0. The van der Waals surface area contributed by atoms with E-state index < -0.39 is 0 Å². The van der Waals surface area contributed by atoms with E-state index in [1.54, 1.807) is 0 Å². The Morgan fingerprint density at radius 2 is 2.00 bits per heavy atom. The third kappa shape index (κ3) is 3.43. The molecule has 0 spiro atoms. The van der Waals surface area contributed by atoms with Gasteiger partial charge in [-0.3, -0.25) is 0 Å². The molecule has 0 saturated carbocycles. The van der Waals surface area contributed by atoms with Crippen LogP contribution in [0.1, 0.15) is 17.2 Å². The number of morpholine rings is 1. The Kier molecular flexibility index (Phi) is 4.98. The highest BCUT2D eigenvalue weighted by molar-refractivity contribution is 6.31. The van der Waals surface area contributed by atoms with Gasteiger partial charge in [0, 0.05) is 23.7 Å². The summed E-state index contributed by atoms with van der Waals surface area (Å²) in [5, 5.41) is 4.08. The maximum atomic E-state index is 6.30. The minimum atomic E-state index is -0.161. The minimum absolute atomic E-state index is 0.0190. The summed E-state index contributed by atoms with van der Waals surface area (Å²) in [5.41, 5.74) is 2.06. The molecule has 1 aliphatic rings. The fraction of sp³-hybridized carbons (Fsp3) is 0.333. The van der Waals surface area contributed by atoms with Crippen molar-refractivity contribution in [3.05, 3.63) is 64.7 Å². The second kappa shape index (κ2) is 7.14. The first kappa shape index (κ1) is 15.3. The van der Waals surface area contributed by atoms with Gasteiger partial charge >= 0.3 is 0 Å². The van der Waals surface area contributed by atoms with E-state index in [9.17, 15) is 0 Å². The average molecular weight is 318 g/mol. The molecule has 1 saturated heterocycles. The molecule has 0 radical (unpaired) electrons. The average Bonchev–Trinajstić information content (AvgIpc) is 2.58. The molecule has 0 aromatic heterocycles. The molecule has 2 aromatic carbocycles. The Balaban J connectivity index is 1.89. The lowest BCUT2D eigenvalue weighted by molar-refractivity contribution is -0.0434. The van der Waals surface area contributed by atoms with E-state index in [4.69, 9.17) is 21.1 Å². The zero-order valence-corrected chi connectivity index (χ0v) is 13.3. The van der Waals surface area contributed by atoms with Crippen LogP contribution in [0.15, 0.2) is 48.5 Å². The van der Waals surface area contributed by atoms with Crippen LogP contribution in [0.25, 0.3) is 0 Å². The van der Waals surface area contributed by atoms with Crippen LogP contribution >= 0.6 is 11.6 Å². The van der Waals surface area contributed by atoms with Crippen LogP contribution in [-0.2, 0) is 4.74 Å². The molecule has 0 aliphatic carbocycles. The number of hydrogen-bond donors (Lipinski definition) is 1. The van der Waals surface area contributed by atoms with Crippen LogP contribution in [0.3, 0.4) is 0 Å². The van der Waals surface area contributed by atoms with E-state index in [0.717, 1.165) is 30.0 Å². The molecule has 1 fully saturated rings. The number of nitrogens with one attached hydrogen (secondary N) is 1. The van der Waals surface area contributed by atoms with Crippen molar-refractivity contribution in [3.8, 4) is 5.75 Å². The molecular weight excluding hydrogens is 298 g/mol. The number of rotatable bonds is 4. The van der Waals surface area contributed by atoms with Gasteiger partial charge in [-0.2, -0.15) is 0 Å². The van der Waals surface area contributed by atoms with Gasteiger partial charge in [0.2, 0.25) is 0 Å². The standard InChI is InChI=1S/C18H20ClNO2/c1-13-15(19)8-5-9-16(13)22-18(14-6-3-2-4-7-14)17-12-20-10-11-21-17/h2-9,17-18,20H,10-12H2,1H3. The second-order valence-electron chi connectivity index (χ2n) is 5.43. The summed E-state index contributed by atoms with van der Waals surface area (Å²) in [6.07, 6.45) is -0.180. The Morgan fingerprint density at radius 3 is 2.73 bits per heavy atom. The van der Waals surface area contributed by atoms with Crippen molar-refractivity contribution in [1.82, 2.24) is 5.32 Å². The second-order valence-corrected chi connectivity index (χ2v) is 5.83. The molecule has 0 bridgehead atoms. The van der Waals surface area contributed by atoms with Gasteiger partial charge < -0.3 is 14.8 Å². The molecule has 0 amide bonds. The lowest BCUT2D eigenvalue weighted by Gasteiger charge is -2.32. The normalized spacial score (nSPS) is 19.6. The Morgan fingerprint density at radius 1 is 1.18 bits per heavy atom. The van der Waals surface area contributed by atoms with Crippen LogP contribution in [0, 0.1) is 6.92 Å². The number of hydrogen-bond acceptors (Lipinski definition) is 3. The predicted molar refractivity (Wildman–Crippen MR) is 88.6 cm³/mol. The Hall–Kier alpha value is -1.55. The molecule has 3 rings (SSSR count). The van der Waals surface area contributed by atoms with Gasteiger partial charge in [0.05, 0.1) is 6.61 Å². The van der Waals surface area contributed by atoms with Crippen molar-refractivity contribution in [3.63, 3.8) is 0 Å². The first-order valence-corrected chi connectivity index (χ1v) is 7.92. The molecule has 1 N–H and O–H groups in total. The summed E-state index contributed by atoms with van der Waals surface area (Å²) in [6.45, 7) is 4.33. The molecule has 4 heteroatoms. The zero-order valence-electron chi connectivity index (χ0n) is 12.6. The van der Waals surface area contributed by atoms with E-state index in [1.165, 1.54) is 0 Å².